The number of esters is 1. The molecule has 7 rings (SSSR count). The highest BCUT2D eigenvalue weighted by molar-refractivity contribution is 6.06. The van der Waals surface area contributed by atoms with Gasteiger partial charge in [0.1, 0.15) is 0 Å². The van der Waals surface area contributed by atoms with Gasteiger partial charge in [0.05, 0.1) is 22.7 Å². The SMILES string of the molecule is O=C(COC(=O)C1CCC(N2C(=O)[C@@H]3[C@H]4C=C[C@@H]([C@@H]5C[C@@H]45)[C@@H]3C2=O)CC1)c1ccc([N+](=O)[O-])cc1. The Hall–Kier alpha value is -3.36. The summed E-state index contributed by atoms with van der Waals surface area (Å²) in [5.74, 6) is -0.168. The number of ketones is 1. The van der Waals surface area contributed by atoms with Crippen LogP contribution < -0.4 is 0 Å². The first-order valence-electron chi connectivity index (χ1n) is 12.3. The van der Waals surface area contributed by atoms with Crippen molar-refractivity contribution in [3.05, 3.63) is 52.1 Å². The molecule has 0 N–H and O–H groups in total. The third kappa shape index (κ3) is 3.51. The van der Waals surface area contributed by atoms with Crippen LogP contribution in [0.25, 0.3) is 0 Å². The van der Waals surface area contributed by atoms with Gasteiger partial charge in [0.25, 0.3) is 5.69 Å². The number of nitrogens with zero attached hydrogens (tertiary/aromatic N) is 2. The molecule has 4 fully saturated rings. The molecule has 0 aromatic heterocycles. The maximum absolute atomic E-state index is 13.3. The monoisotopic (exact) mass is 478 g/mol. The van der Waals surface area contributed by atoms with Crippen LogP contribution in [0.5, 0.6) is 0 Å². The van der Waals surface area contributed by atoms with Gasteiger partial charge in [-0.15, -0.1) is 0 Å². The summed E-state index contributed by atoms with van der Waals surface area (Å²) in [5, 5.41) is 10.7. The Morgan fingerprint density at radius 1 is 0.943 bits per heavy atom. The highest BCUT2D eigenvalue weighted by atomic mass is 16.6. The number of hydrogen-bond donors (Lipinski definition) is 0. The van der Waals surface area contributed by atoms with Gasteiger partial charge in [-0.2, -0.15) is 0 Å². The number of rotatable bonds is 6. The lowest BCUT2D eigenvalue weighted by Gasteiger charge is -2.37. The molecule has 0 unspecified atom stereocenters. The quantitative estimate of drug-likeness (QED) is 0.154. The average molecular weight is 479 g/mol. The molecule has 6 atom stereocenters. The molecule has 1 aromatic rings. The van der Waals surface area contributed by atoms with Gasteiger partial charge in [-0.3, -0.25) is 34.2 Å². The van der Waals surface area contributed by atoms with E-state index in [9.17, 15) is 29.3 Å². The largest absolute Gasteiger partial charge is 0.457 e. The highest BCUT2D eigenvalue weighted by Crippen LogP contribution is 2.65. The Kier molecular flexibility index (Phi) is 5.12. The van der Waals surface area contributed by atoms with Crippen LogP contribution in [0.4, 0.5) is 5.69 Å². The molecule has 1 saturated heterocycles. The molecule has 1 aromatic carbocycles. The summed E-state index contributed by atoms with van der Waals surface area (Å²) in [6, 6.07) is 4.97. The number of non-ortho nitro benzene ring substituents is 1. The molecule has 6 aliphatic rings. The van der Waals surface area contributed by atoms with Crippen molar-refractivity contribution in [1.82, 2.24) is 4.90 Å². The van der Waals surface area contributed by atoms with E-state index in [4.69, 9.17) is 4.74 Å². The van der Waals surface area contributed by atoms with E-state index in [2.05, 4.69) is 12.2 Å². The van der Waals surface area contributed by atoms with Crippen molar-refractivity contribution in [1.29, 1.82) is 0 Å². The second-order valence-corrected chi connectivity index (χ2v) is 10.5. The van der Waals surface area contributed by atoms with E-state index in [1.807, 2.05) is 0 Å². The number of Topliss-reactive ketones (excluding diaryl/α,β-unsaturated/α-hetero) is 1. The number of benzene rings is 1. The van der Waals surface area contributed by atoms with Crippen molar-refractivity contribution < 1.29 is 28.8 Å². The normalized spacial score (nSPS) is 36.5. The summed E-state index contributed by atoms with van der Waals surface area (Å²) in [4.78, 5) is 63.1. The fraction of sp³-hybridized carbons (Fsp3) is 0.538. The zero-order chi connectivity index (χ0) is 24.4. The number of imide groups is 1. The van der Waals surface area contributed by atoms with Crippen LogP contribution in [-0.4, -0.2) is 46.0 Å². The molecule has 5 aliphatic carbocycles. The molecule has 9 heteroatoms. The van der Waals surface area contributed by atoms with E-state index in [1.165, 1.54) is 29.2 Å². The summed E-state index contributed by atoms with van der Waals surface area (Å²) in [7, 11) is 0. The first kappa shape index (κ1) is 22.1. The van der Waals surface area contributed by atoms with E-state index in [0.29, 0.717) is 37.5 Å². The van der Waals surface area contributed by atoms with Crippen LogP contribution in [0, 0.1) is 51.5 Å². The Labute approximate surface area is 201 Å². The molecule has 1 aliphatic heterocycles. The maximum Gasteiger partial charge on any atom is 0.309 e. The molecule has 0 radical (unpaired) electrons. The van der Waals surface area contributed by atoms with Crippen LogP contribution in [0.15, 0.2) is 36.4 Å². The Morgan fingerprint density at radius 2 is 1.51 bits per heavy atom. The van der Waals surface area contributed by atoms with E-state index in [0.717, 1.165) is 6.42 Å². The minimum Gasteiger partial charge on any atom is -0.457 e. The zero-order valence-corrected chi connectivity index (χ0v) is 19.1. The van der Waals surface area contributed by atoms with Gasteiger partial charge in [0.2, 0.25) is 11.8 Å². The fourth-order valence-corrected chi connectivity index (χ4v) is 7.02. The lowest BCUT2D eigenvalue weighted by molar-refractivity contribution is -0.384. The Bertz CT molecular complexity index is 1110. The third-order valence-electron chi connectivity index (χ3n) is 8.84. The van der Waals surface area contributed by atoms with Crippen molar-refractivity contribution >= 4 is 29.3 Å². The van der Waals surface area contributed by atoms with Crippen molar-refractivity contribution in [3.63, 3.8) is 0 Å². The standard InChI is InChI=1S/C26H26N2O7/c29-21(13-1-7-16(8-2-13)28(33)34)12-35-26(32)14-3-5-15(6-4-14)27-24(30)22-17-9-10-18(20-11-19(17)20)23(22)25(27)31/h1-2,7-10,14-15,17-20,22-23H,3-6,11-12H2/t14?,15?,17-,18-,19-,20-,22-,23+/m0/s1. The van der Waals surface area contributed by atoms with Crippen molar-refractivity contribution in [2.75, 3.05) is 6.61 Å². The minimum absolute atomic E-state index is 0.0237. The van der Waals surface area contributed by atoms with Gasteiger partial charge in [0.15, 0.2) is 12.4 Å². The number of likely N-dealkylation sites (tertiary alicyclic amines) is 1. The zero-order valence-electron chi connectivity index (χ0n) is 19.1. The lowest BCUT2D eigenvalue weighted by Crippen LogP contribution is -2.44. The van der Waals surface area contributed by atoms with Crippen LogP contribution in [0.2, 0.25) is 0 Å². The number of nitro benzene ring substituents is 1. The fourth-order valence-electron chi connectivity index (χ4n) is 7.02. The van der Waals surface area contributed by atoms with Crippen LogP contribution >= 0.6 is 0 Å². The third-order valence-corrected chi connectivity index (χ3v) is 8.84. The number of carbonyl (C=O) groups is 4. The second kappa shape index (κ2) is 8.10. The predicted molar refractivity (Wildman–Crippen MR) is 121 cm³/mol. The van der Waals surface area contributed by atoms with Crippen LogP contribution in [0.3, 0.4) is 0 Å². The molecular weight excluding hydrogens is 452 g/mol. The smallest absolute Gasteiger partial charge is 0.309 e. The van der Waals surface area contributed by atoms with E-state index in [-0.39, 0.29) is 58.7 Å². The molecule has 2 amide bonds. The lowest BCUT2D eigenvalue weighted by atomic mass is 9.63. The number of allylic oxidation sites excluding steroid dienone is 2. The summed E-state index contributed by atoms with van der Waals surface area (Å²) < 4.78 is 5.23. The molecular formula is C26H26N2O7. The molecule has 1 heterocycles. The highest BCUT2D eigenvalue weighted by Gasteiger charge is 2.67. The summed E-state index contributed by atoms with van der Waals surface area (Å²) in [6.07, 6.45) is 7.58. The van der Waals surface area contributed by atoms with E-state index < -0.39 is 23.3 Å². The van der Waals surface area contributed by atoms with Gasteiger partial charge < -0.3 is 4.74 Å². The molecule has 2 bridgehead atoms. The first-order chi connectivity index (χ1) is 16.8. The summed E-state index contributed by atoms with van der Waals surface area (Å²) in [6.45, 7) is -0.429. The summed E-state index contributed by atoms with van der Waals surface area (Å²) >= 11 is 0. The molecule has 9 nitrogen and oxygen atoms in total. The van der Waals surface area contributed by atoms with Crippen LogP contribution in [0.1, 0.15) is 42.5 Å². The number of hydrogen-bond acceptors (Lipinski definition) is 7. The first-order valence-corrected chi connectivity index (χ1v) is 12.3. The van der Waals surface area contributed by atoms with E-state index >= 15 is 0 Å². The number of carbonyl (C=O) groups excluding carboxylic acids is 4. The topological polar surface area (TPSA) is 124 Å². The molecule has 35 heavy (non-hydrogen) atoms. The maximum atomic E-state index is 13.3. The van der Waals surface area contributed by atoms with Crippen molar-refractivity contribution in [3.8, 4) is 0 Å². The number of amides is 2. The molecule has 0 spiro atoms. The van der Waals surface area contributed by atoms with Gasteiger partial charge in [0, 0.05) is 23.7 Å². The van der Waals surface area contributed by atoms with E-state index in [1.54, 1.807) is 0 Å². The van der Waals surface area contributed by atoms with Crippen molar-refractivity contribution in [2.24, 2.45) is 41.4 Å². The van der Waals surface area contributed by atoms with Gasteiger partial charge in [-0.05, 0) is 67.9 Å². The van der Waals surface area contributed by atoms with Gasteiger partial charge in [-0.1, -0.05) is 12.2 Å². The minimum atomic E-state index is -0.550. The van der Waals surface area contributed by atoms with Gasteiger partial charge >= 0.3 is 5.97 Å². The number of nitro groups is 1. The Balaban J connectivity index is 1.02. The van der Waals surface area contributed by atoms with Crippen LogP contribution in [-0.2, 0) is 19.1 Å². The predicted octanol–water partition coefficient (Wildman–Crippen LogP) is 2.93. The average Bonchev–Trinajstić information content (AvgIpc) is 3.65. The molecule has 182 valence electrons. The Morgan fingerprint density at radius 3 is 2.06 bits per heavy atom. The molecule has 3 saturated carbocycles. The number of ether oxygens (including phenoxy) is 1. The van der Waals surface area contributed by atoms with Gasteiger partial charge in [-0.25, -0.2) is 0 Å². The summed E-state index contributed by atoms with van der Waals surface area (Å²) in [5.41, 5.74) is 0.117. The van der Waals surface area contributed by atoms with Crippen molar-refractivity contribution in [2.45, 2.75) is 38.1 Å². The second-order valence-electron chi connectivity index (χ2n) is 10.5.